The van der Waals surface area contributed by atoms with Gasteiger partial charge in [0.1, 0.15) is 23.2 Å². The number of nitrogens with one attached hydrogen (secondary N) is 1. The lowest BCUT2D eigenvalue weighted by Gasteiger charge is -2.13. The van der Waals surface area contributed by atoms with Gasteiger partial charge >= 0.3 is 0 Å². The van der Waals surface area contributed by atoms with E-state index in [1.165, 1.54) is 24.3 Å². The Kier molecular flexibility index (Phi) is 3.40. The fourth-order valence-corrected chi connectivity index (χ4v) is 2.21. The summed E-state index contributed by atoms with van der Waals surface area (Å²) in [6.45, 7) is 0. The van der Waals surface area contributed by atoms with Crippen LogP contribution in [0.4, 0.5) is 13.2 Å². The lowest BCUT2D eigenvalue weighted by atomic mass is 10.0. The summed E-state index contributed by atoms with van der Waals surface area (Å²) in [4.78, 5) is 0. The molecule has 0 saturated heterocycles. The normalized spacial score (nSPS) is 12.8. The molecule has 1 aromatic heterocycles. The third kappa shape index (κ3) is 2.51. The molecule has 3 rings (SSSR count). The van der Waals surface area contributed by atoms with E-state index in [0.717, 1.165) is 12.1 Å². The molecule has 0 aliphatic carbocycles. The van der Waals surface area contributed by atoms with Crippen LogP contribution in [-0.2, 0) is 0 Å². The zero-order valence-corrected chi connectivity index (χ0v) is 10.7. The molecule has 108 valence electrons. The van der Waals surface area contributed by atoms with Crippen LogP contribution < -0.4 is 11.3 Å². The molecular weight excluding hydrogens is 281 g/mol. The quantitative estimate of drug-likeness (QED) is 0.574. The van der Waals surface area contributed by atoms with Gasteiger partial charge in [-0.15, -0.1) is 0 Å². The third-order valence-corrected chi connectivity index (χ3v) is 3.23. The minimum atomic E-state index is -0.977. The average Bonchev–Trinajstić information content (AvgIpc) is 2.86. The summed E-state index contributed by atoms with van der Waals surface area (Å²) in [5.41, 5.74) is 3.36. The van der Waals surface area contributed by atoms with Crippen molar-refractivity contribution in [3.63, 3.8) is 0 Å². The van der Waals surface area contributed by atoms with Gasteiger partial charge in [0.15, 0.2) is 11.6 Å². The first-order valence-corrected chi connectivity index (χ1v) is 6.18. The van der Waals surface area contributed by atoms with Gasteiger partial charge in [-0.3, -0.25) is 5.84 Å². The van der Waals surface area contributed by atoms with Crippen molar-refractivity contribution in [2.45, 2.75) is 6.04 Å². The molecule has 0 amide bonds. The highest BCUT2D eigenvalue weighted by molar-refractivity contribution is 5.78. The Hall–Kier alpha value is -2.31. The van der Waals surface area contributed by atoms with Crippen LogP contribution in [0.25, 0.3) is 11.0 Å². The van der Waals surface area contributed by atoms with Crippen LogP contribution in [0.15, 0.2) is 46.9 Å². The van der Waals surface area contributed by atoms with E-state index in [-0.39, 0.29) is 5.82 Å². The molecule has 0 saturated carbocycles. The Bertz CT molecular complexity index is 801. The topological polar surface area (TPSA) is 51.2 Å². The molecule has 6 heteroatoms. The van der Waals surface area contributed by atoms with Gasteiger partial charge < -0.3 is 4.42 Å². The maximum absolute atomic E-state index is 13.3. The number of halogens is 3. The van der Waals surface area contributed by atoms with Gasteiger partial charge in [0.2, 0.25) is 0 Å². The Morgan fingerprint density at radius 3 is 2.48 bits per heavy atom. The molecule has 21 heavy (non-hydrogen) atoms. The van der Waals surface area contributed by atoms with Gasteiger partial charge in [-0.05, 0) is 42.0 Å². The summed E-state index contributed by atoms with van der Waals surface area (Å²) >= 11 is 0. The first-order valence-electron chi connectivity index (χ1n) is 6.18. The van der Waals surface area contributed by atoms with Crippen LogP contribution >= 0.6 is 0 Å². The van der Waals surface area contributed by atoms with Crippen molar-refractivity contribution < 1.29 is 17.6 Å². The number of benzene rings is 2. The molecule has 1 atom stereocenters. The highest BCUT2D eigenvalue weighted by Crippen LogP contribution is 2.29. The van der Waals surface area contributed by atoms with Gasteiger partial charge in [0.05, 0.1) is 0 Å². The Morgan fingerprint density at radius 1 is 0.952 bits per heavy atom. The zero-order valence-electron chi connectivity index (χ0n) is 10.7. The summed E-state index contributed by atoms with van der Waals surface area (Å²) in [6.07, 6.45) is 0. The van der Waals surface area contributed by atoms with Gasteiger partial charge in [0, 0.05) is 5.39 Å². The summed E-state index contributed by atoms with van der Waals surface area (Å²) < 4.78 is 45.1. The molecule has 0 radical (unpaired) electrons. The van der Waals surface area contributed by atoms with Crippen molar-refractivity contribution >= 4 is 11.0 Å². The largest absolute Gasteiger partial charge is 0.459 e. The molecule has 2 aromatic carbocycles. The molecule has 0 bridgehead atoms. The van der Waals surface area contributed by atoms with E-state index in [4.69, 9.17) is 10.3 Å². The lowest BCUT2D eigenvalue weighted by molar-refractivity contribution is 0.469. The van der Waals surface area contributed by atoms with Gasteiger partial charge in [0.25, 0.3) is 0 Å². The first kappa shape index (κ1) is 13.7. The monoisotopic (exact) mass is 292 g/mol. The van der Waals surface area contributed by atoms with Gasteiger partial charge in [-0.25, -0.2) is 18.6 Å². The SMILES string of the molecule is NNC(c1ccc(F)c(F)c1)c1cc2cc(F)ccc2o1. The number of fused-ring (bicyclic) bond motifs is 1. The smallest absolute Gasteiger partial charge is 0.159 e. The average molecular weight is 292 g/mol. The molecule has 3 N–H and O–H groups in total. The summed E-state index contributed by atoms with van der Waals surface area (Å²) in [6, 6.07) is 8.47. The number of hydrazine groups is 1. The second kappa shape index (κ2) is 5.23. The third-order valence-electron chi connectivity index (χ3n) is 3.23. The van der Waals surface area contributed by atoms with Crippen molar-refractivity contribution in [3.8, 4) is 0 Å². The molecule has 0 fully saturated rings. The Labute approximate surface area is 118 Å². The van der Waals surface area contributed by atoms with Crippen molar-refractivity contribution in [1.82, 2.24) is 5.43 Å². The van der Waals surface area contributed by atoms with Crippen LogP contribution in [0.3, 0.4) is 0 Å². The number of nitrogens with two attached hydrogens (primary N) is 1. The van der Waals surface area contributed by atoms with E-state index in [0.29, 0.717) is 22.3 Å². The first-order chi connectivity index (χ1) is 10.1. The van der Waals surface area contributed by atoms with Crippen molar-refractivity contribution in [2.24, 2.45) is 5.84 Å². The predicted octanol–water partition coefficient (Wildman–Crippen LogP) is 3.40. The molecule has 1 unspecified atom stereocenters. The van der Waals surface area contributed by atoms with Crippen LogP contribution in [-0.4, -0.2) is 0 Å². The fourth-order valence-electron chi connectivity index (χ4n) is 2.21. The van der Waals surface area contributed by atoms with Crippen molar-refractivity contribution in [1.29, 1.82) is 0 Å². The van der Waals surface area contributed by atoms with Crippen LogP contribution in [0.1, 0.15) is 17.4 Å². The summed E-state index contributed by atoms with van der Waals surface area (Å²) in [5, 5.41) is 0.563. The number of hydrogen-bond acceptors (Lipinski definition) is 3. The lowest BCUT2D eigenvalue weighted by Crippen LogP contribution is -2.28. The highest BCUT2D eigenvalue weighted by atomic mass is 19.2. The minimum Gasteiger partial charge on any atom is -0.459 e. The van der Waals surface area contributed by atoms with Crippen molar-refractivity contribution in [2.75, 3.05) is 0 Å². The Morgan fingerprint density at radius 2 is 1.76 bits per heavy atom. The van der Waals surface area contributed by atoms with E-state index in [1.54, 1.807) is 6.07 Å². The number of hydrogen-bond donors (Lipinski definition) is 2. The van der Waals surface area contributed by atoms with E-state index in [9.17, 15) is 13.2 Å². The maximum atomic E-state index is 13.3. The second-order valence-corrected chi connectivity index (χ2v) is 4.60. The van der Waals surface area contributed by atoms with Crippen LogP contribution in [0.5, 0.6) is 0 Å². The van der Waals surface area contributed by atoms with Crippen molar-refractivity contribution in [3.05, 3.63) is 71.2 Å². The molecule has 3 nitrogen and oxygen atoms in total. The summed E-state index contributed by atoms with van der Waals surface area (Å²) in [7, 11) is 0. The van der Waals surface area contributed by atoms with Crippen LogP contribution in [0, 0.1) is 17.5 Å². The molecule has 0 aliphatic heterocycles. The maximum Gasteiger partial charge on any atom is 0.159 e. The summed E-state index contributed by atoms with van der Waals surface area (Å²) in [5.74, 6) is 3.55. The fraction of sp³-hybridized carbons (Fsp3) is 0.0667. The zero-order chi connectivity index (χ0) is 15.0. The number of furan rings is 1. The standard InChI is InChI=1S/C15H11F3N2O/c16-10-2-4-13-9(5-10)7-14(21-13)15(20-19)8-1-3-11(17)12(18)6-8/h1-7,15,20H,19H2. The van der Waals surface area contributed by atoms with E-state index < -0.39 is 17.7 Å². The molecule has 0 aliphatic rings. The minimum absolute atomic E-state index is 0.379. The van der Waals surface area contributed by atoms with Gasteiger partial charge in [-0.2, -0.15) is 0 Å². The molecule has 1 heterocycles. The van der Waals surface area contributed by atoms with E-state index >= 15 is 0 Å². The molecule has 3 aromatic rings. The van der Waals surface area contributed by atoms with Gasteiger partial charge in [-0.1, -0.05) is 6.07 Å². The second-order valence-electron chi connectivity index (χ2n) is 4.60. The predicted molar refractivity (Wildman–Crippen MR) is 71.7 cm³/mol. The highest BCUT2D eigenvalue weighted by Gasteiger charge is 2.19. The Balaban J connectivity index is 2.06. The van der Waals surface area contributed by atoms with E-state index in [1.807, 2.05) is 0 Å². The van der Waals surface area contributed by atoms with Crippen LogP contribution in [0.2, 0.25) is 0 Å². The molecular formula is C15H11F3N2O. The van der Waals surface area contributed by atoms with E-state index in [2.05, 4.69) is 5.43 Å². The number of rotatable bonds is 3. The molecule has 0 spiro atoms.